The molecule has 0 saturated carbocycles. The van der Waals surface area contributed by atoms with Gasteiger partial charge in [0.25, 0.3) is 0 Å². The van der Waals surface area contributed by atoms with E-state index in [4.69, 9.17) is 16.3 Å². The number of hydrogen-bond donors (Lipinski definition) is 0. The van der Waals surface area contributed by atoms with Gasteiger partial charge in [-0.25, -0.2) is 0 Å². The van der Waals surface area contributed by atoms with E-state index in [-0.39, 0.29) is 0 Å². The molecule has 0 fully saturated rings. The minimum absolute atomic E-state index is 0.724. The maximum absolute atomic E-state index is 5.93. The van der Waals surface area contributed by atoms with Gasteiger partial charge in [0.15, 0.2) is 0 Å². The van der Waals surface area contributed by atoms with Crippen molar-refractivity contribution in [1.82, 2.24) is 0 Å². The first kappa shape index (κ1) is 12.8. The summed E-state index contributed by atoms with van der Waals surface area (Å²) in [6.07, 6.45) is 0. The molecular formula is C18H12ClO. The van der Waals surface area contributed by atoms with Gasteiger partial charge >= 0.3 is 0 Å². The highest BCUT2D eigenvalue weighted by atomic mass is 35.5. The van der Waals surface area contributed by atoms with Gasteiger partial charge in [-0.2, -0.15) is 0 Å². The fourth-order valence-corrected chi connectivity index (χ4v) is 2.11. The summed E-state index contributed by atoms with van der Waals surface area (Å²) in [5.74, 6) is 1.59. The van der Waals surface area contributed by atoms with Crippen molar-refractivity contribution < 1.29 is 4.74 Å². The maximum Gasteiger partial charge on any atom is 0.135 e. The summed E-state index contributed by atoms with van der Waals surface area (Å²) in [4.78, 5) is 0. The monoisotopic (exact) mass is 279 g/mol. The van der Waals surface area contributed by atoms with Crippen LogP contribution in [0.25, 0.3) is 11.1 Å². The van der Waals surface area contributed by atoms with Crippen molar-refractivity contribution in [2.24, 2.45) is 0 Å². The largest absolute Gasteiger partial charge is 0.457 e. The molecule has 20 heavy (non-hydrogen) atoms. The Morgan fingerprint density at radius 3 is 2.35 bits per heavy atom. The quantitative estimate of drug-likeness (QED) is 0.606. The standard InChI is InChI=1S/C18H12ClO/c19-15-12-10-14(11-13-15)17-8-4-5-9-18(17)20-16-6-2-1-3-7-16/h1-4,6-13H. The van der Waals surface area contributed by atoms with E-state index in [1.54, 1.807) is 0 Å². The van der Waals surface area contributed by atoms with Crippen LogP contribution in [0.4, 0.5) is 0 Å². The second-order valence-electron chi connectivity index (χ2n) is 4.34. The molecule has 2 heteroatoms. The van der Waals surface area contributed by atoms with Crippen LogP contribution in [-0.2, 0) is 0 Å². The van der Waals surface area contributed by atoms with Crippen LogP contribution in [0.1, 0.15) is 0 Å². The lowest BCUT2D eigenvalue weighted by Crippen LogP contribution is -1.87. The van der Waals surface area contributed by atoms with E-state index in [0.29, 0.717) is 0 Å². The Balaban J connectivity index is 1.98. The minimum Gasteiger partial charge on any atom is -0.457 e. The molecular weight excluding hydrogens is 268 g/mol. The summed E-state index contributed by atoms with van der Waals surface area (Å²) in [7, 11) is 0. The van der Waals surface area contributed by atoms with Gasteiger partial charge in [0, 0.05) is 10.6 Å². The first-order valence-electron chi connectivity index (χ1n) is 6.32. The Hall–Kier alpha value is -2.25. The van der Waals surface area contributed by atoms with E-state index in [9.17, 15) is 0 Å². The molecule has 3 aromatic carbocycles. The van der Waals surface area contributed by atoms with Crippen molar-refractivity contribution >= 4 is 11.6 Å². The van der Waals surface area contributed by atoms with Crippen molar-refractivity contribution in [2.45, 2.75) is 0 Å². The van der Waals surface area contributed by atoms with Gasteiger partial charge < -0.3 is 4.74 Å². The molecule has 0 aromatic heterocycles. The molecule has 97 valence electrons. The second kappa shape index (κ2) is 5.81. The Kier molecular flexibility index (Phi) is 3.71. The Morgan fingerprint density at radius 2 is 1.60 bits per heavy atom. The van der Waals surface area contributed by atoms with E-state index in [1.807, 2.05) is 72.8 Å². The summed E-state index contributed by atoms with van der Waals surface area (Å²) >= 11 is 5.93. The average Bonchev–Trinajstić information content (AvgIpc) is 2.50. The zero-order chi connectivity index (χ0) is 13.8. The third kappa shape index (κ3) is 2.84. The van der Waals surface area contributed by atoms with Crippen LogP contribution in [-0.4, -0.2) is 0 Å². The number of halogens is 1. The molecule has 0 unspecified atom stereocenters. The molecule has 0 saturated heterocycles. The smallest absolute Gasteiger partial charge is 0.135 e. The molecule has 0 spiro atoms. The van der Waals surface area contributed by atoms with E-state index in [1.165, 1.54) is 0 Å². The second-order valence-corrected chi connectivity index (χ2v) is 4.78. The molecule has 0 aliphatic carbocycles. The highest BCUT2D eigenvalue weighted by Gasteiger charge is 2.06. The molecule has 0 aliphatic rings. The van der Waals surface area contributed by atoms with Crippen LogP contribution in [0.2, 0.25) is 5.02 Å². The Labute approximate surface area is 123 Å². The first-order chi connectivity index (χ1) is 9.83. The highest BCUT2D eigenvalue weighted by molar-refractivity contribution is 6.30. The summed E-state index contributed by atoms with van der Waals surface area (Å²) < 4.78 is 5.93. The fourth-order valence-electron chi connectivity index (χ4n) is 1.98. The Bertz CT molecular complexity index is 690. The normalized spacial score (nSPS) is 10.2. The first-order valence-corrected chi connectivity index (χ1v) is 6.70. The predicted molar refractivity (Wildman–Crippen MR) is 82.2 cm³/mol. The topological polar surface area (TPSA) is 9.23 Å². The van der Waals surface area contributed by atoms with Crippen molar-refractivity contribution in [3.05, 3.63) is 83.9 Å². The molecule has 0 atom stereocenters. The van der Waals surface area contributed by atoms with Gasteiger partial charge in [-0.15, -0.1) is 0 Å². The van der Waals surface area contributed by atoms with Crippen molar-refractivity contribution in [2.75, 3.05) is 0 Å². The van der Waals surface area contributed by atoms with Crippen LogP contribution in [0.5, 0.6) is 11.5 Å². The number of para-hydroxylation sites is 1. The zero-order valence-corrected chi connectivity index (χ0v) is 11.5. The molecule has 1 radical (unpaired) electrons. The lowest BCUT2D eigenvalue weighted by atomic mass is 10.0. The predicted octanol–water partition coefficient (Wildman–Crippen LogP) is 5.60. The summed E-state index contributed by atoms with van der Waals surface area (Å²) in [6, 6.07) is 26.2. The van der Waals surface area contributed by atoms with Crippen molar-refractivity contribution in [3.63, 3.8) is 0 Å². The van der Waals surface area contributed by atoms with E-state index in [2.05, 4.69) is 6.07 Å². The van der Waals surface area contributed by atoms with Gasteiger partial charge in [0.05, 0.1) is 0 Å². The van der Waals surface area contributed by atoms with Crippen LogP contribution in [0.15, 0.2) is 72.8 Å². The zero-order valence-electron chi connectivity index (χ0n) is 10.7. The van der Waals surface area contributed by atoms with E-state index < -0.39 is 0 Å². The van der Waals surface area contributed by atoms with Crippen LogP contribution < -0.4 is 4.74 Å². The molecule has 0 aliphatic heterocycles. The van der Waals surface area contributed by atoms with Gasteiger partial charge in [-0.05, 0) is 42.0 Å². The molecule has 0 N–H and O–H groups in total. The number of rotatable bonds is 3. The van der Waals surface area contributed by atoms with E-state index >= 15 is 0 Å². The van der Waals surface area contributed by atoms with Crippen molar-refractivity contribution in [3.8, 4) is 22.6 Å². The number of hydrogen-bond acceptors (Lipinski definition) is 1. The highest BCUT2D eigenvalue weighted by Crippen LogP contribution is 2.33. The van der Waals surface area contributed by atoms with Crippen LogP contribution in [0.3, 0.4) is 0 Å². The number of benzene rings is 3. The summed E-state index contributed by atoms with van der Waals surface area (Å²) in [5, 5.41) is 0.724. The van der Waals surface area contributed by atoms with Crippen LogP contribution in [0, 0.1) is 6.07 Å². The summed E-state index contributed by atoms with van der Waals surface area (Å²) in [5.41, 5.74) is 2.08. The third-order valence-corrected chi connectivity index (χ3v) is 3.20. The maximum atomic E-state index is 5.93. The molecule has 0 bridgehead atoms. The van der Waals surface area contributed by atoms with Gasteiger partial charge in [-0.3, -0.25) is 0 Å². The molecule has 0 amide bonds. The molecule has 1 nitrogen and oxygen atoms in total. The number of ether oxygens (including phenoxy) is 1. The van der Waals surface area contributed by atoms with Crippen molar-refractivity contribution in [1.29, 1.82) is 0 Å². The van der Waals surface area contributed by atoms with Crippen LogP contribution >= 0.6 is 11.6 Å². The third-order valence-electron chi connectivity index (χ3n) is 2.95. The van der Waals surface area contributed by atoms with Gasteiger partial charge in [-0.1, -0.05) is 54.1 Å². The minimum atomic E-state index is 0.724. The molecule has 0 heterocycles. The summed E-state index contributed by atoms with van der Waals surface area (Å²) in [6.45, 7) is 0. The molecule has 3 rings (SSSR count). The lowest BCUT2D eigenvalue weighted by Gasteiger charge is -2.11. The van der Waals surface area contributed by atoms with Gasteiger partial charge in [0.2, 0.25) is 0 Å². The fraction of sp³-hybridized carbons (Fsp3) is 0. The average molecular weight is 280 g/mol. The van der Waals surface area contributed by atoms with Gasteiger partial charge in [0.1, 0.15) is 11.5 Å². The SMILES string of the molecule is Clc1ccc(-c2cc[c]cc2Oc2ccccc2)cc1. The lowest BCUT2D eigenvalue weighted by molar-refractivity contribution is 0.484. The van der Waals surface area contributed by atoms with E-state index in [0.717, 1.165) is 27.6 Å². The molecule has 3 aromatic rings. The Morgan fingerprint density at radius 1 is 0.850 bits per heavy atom.